The van der Waals surface area contributed by atoms with Crippen LogP contribution in [0.25, 0.3) is 28.1 Å². The Bertz CT molecular complexity index is 1950. The summed E-state index contributed by atoms with van der Waals surface area (Å²) in [6.07, 6.45) is 8.91. The van der Waals surface area contributed by atoms with Crippen LogP contribution < -0.4 is 16.3 Å². The van der Waals surface area contributed by atoms with Crippen molar-refractivity contribution in [3.63, 3.8) is 0 Å². The van der Waals surface area contributed by atoms with E-state index < -0.39 is 21.3 Å². The molecule has 1 aliphatic heterocycles. The maximum absolute atomic E-state index is 15.8. The normalized spacial score (nSPS) is 17.7. The number of pyridine rings is 2. The number of carbonyl (C=O) groups is 1. The molecule has 3 N–H and O–H groups in total. The number of nitrogen functional groups attached to an aromatic ring is 1. The number of nitrogens with one attached hydrogen (secondary N) is 1. The van der Waals surface area contributed by atoms with E-state index in [1.54, 1.807) is 11.1 Å². The van der Waals surface area contributed by atoms with E-state index in [1.165, 1.54) is 24.5 Å². The van der Waals surface area contributed by atoms with Gasteiger partial charge in [-0.1, -0.05) is 13.0 Å². The molecule has 0 unspecified atom stereocenters. The van der Waals surface area contributed by atoms with Crippen LogP contribution in [0.5, 0.6) is 0 Å². The minimum Gasteiger partial charge on any atom is -0.396 e. The van der Waals surface area contributed by atoms with Gasteiger partial charge in [0.15, 0.2) is 21.3 Å². The first-order valence-corrected chi connectivity index (χ1v) is 15.7. The molecule has 4 aromatic heterocycles. The van der Waals surface area contributed by atoms with Crippen LogP contribution >= 0.6 is 0 Å². The lowest BCUT2D eigenvalue weighted by Gasteiger charge is -2.40. The monoisotopic (exact) mass is 607 g/mol. The average Bonchev–Trinajstić information content (AvgIpc) is 3.36. The van der Waals surface area contributed by atoms with Gasteiger partial charge in [-0.15, -0.1) is 0 Å². The minimum absolute atomic E-state index is 0.00568. The number of rotatable bonds is 6. The maximum atomic E-state index is 15.8. The molecule has 1 atom stereocenters. The maximum Gasteiger partial charge on any atom is 0.355 e. The highest BCUT2D eigenvalue weighted by Crippen LogP contribution is 2.41. The van der Waals surface area contributed by atoms with Gasteiger partial charge in [0.25, 0.3) is 0 Å². The summed E-state index contributed by atoms with van der Waals surface area (Å²) in [5.41, 5.74) is 5.97. The standard InChI is InChI=1S/C28H30FN9O4S/c1-4-22(39)36-8-9-37(15(2)14-36)26-17-10-19(29)23(24-20(30)12-32-35-24)33-27(17)38(28(40)34-26)25-18(16-6-5-7-16)11-31-13-21(25)43(3,41)42/h4,10-13,15-16H,1,5-9,14,30H2,2-3H3,(H,32,35)/t15-/m0/s1. The van der Waals surface area contributed by atoms with Gasteiger partial charge in [0, 0.05) is 44.3 Å². The average molecular weight is 608 g/mol. The molecule has 5 heterocycles. The van der Waals surface area contributed by atoms with Crippen LogP contribution in [0.1, 0.15) is 37.7 Å². The molecule has 6 rings (SSSR count). The molecule has 15 heteroatoms. The van der Waals surface area contributed by atoms with Crippen molar-refractivity contribution in [2.24, 2.45) is 0 Å². The zero-order chi connectivity index (χ0) is 30.6. The Balaban J connectivity index is 1.66. The highest BCUT2D eigenvalue weighted by molar-refractivity contribution is 7.90. The number of hydrogen-bond donors (Lipinski definition) is 2. The molecule has 0 aromatic carbocycles. The van der Waals surface area contributed by atoms with Gasteiger partial charge < -0.3 is 15.5 Å². The molecule has 1 saturated heterocycles. The number of carbonyl (C=O) groups excluding carboxylic acids is 1. The summed E-state index contributed by atoms with van der Waals surface area (Å²) in [7, 11) is -3.88. The summed E-state index contributed by atoms with van der Waals surface area (Å²) < 4.78 is 43.1. The Morgan fingerprint density at radius 3 is 2.58 bits per heavy atom. The van der Waals surface area contributed by atoms with Crippen LogP contribution in [0.15, 0.2) is 47.0 Å². The van der Waals surface area contributed by atoms with Gasteiger partial charge >= 0.3 is 5.69 Å². The van der Waals surface area contributed by atoms with E-state index in [0.29, 0.717) is 25.2 Å². The second-order valence-electron chi connectivity index (χ2n) is 10.9. The number of aromatic nitrogens is 6. The van der Waals surface area contributed by atoms with Crippen molar-refractivity contribution < 1.29 is 17.6 Å². The molecule has 0 bridgehead atoms. The molecule has 13 nitrogen and oxygen atoms in total. The number of sulfone groups is 1. The van der Waals surface area contributed by atoms with Gasteiger partial charge in [-0.05, 0) is 43.4 Å². The number of nitrogens with two attached hydrogens (primary N) is 1. The van der Waals surface area contributed by atoms with Gasteiger partial charge in [-0.25, -0.2) is 27.2 Å². The molecule has 0 spiro atoms. The van der Waals surface area contributed by atoms with Gasteiger partial charge in [0.05, 0.1) is 23.0 Å². The lowest BCUT2D eigenvalue weighted by atomic mass is 9.80. The minimum atomic E-state index is -3.88. The highest BCUT2D eigenvalue weighted by Gasteiger charge is 2.33. The van der Waals surface area contributed by atoms with Gasteiger partial charge in [0.1, 0.15) is 22.1 Å². The molecule has 1 amide bonds. The molecular formula is C28H30FN9O4S. The number of piperazine rings is 1. The topological polar surface area (TPSA) is 173 Å². The van der Waals surface area contributed by atoms with Crippen molar-refractivity contribution >= 4 is 38.3 Å². The number of H-pyrrole nitrogens is 1. The zero-order valence-corrected chi connectivity index (χ0v) is 24.4. The Labute approximate surface area is 246 Å². The van der Waals surface area contributed by atoms with Crippen LogP contribution in [0.2, 0.25) is 0 Å². The SMILES string of the molecule is C=CC(=O)N1CCN(c2nc(=O)n(-c3c(C4CCC4)cncc3S(C)(=O)=O)c3nc(-c4[nH]ncc4N)c(F)cc23)[C@@H](C)C1. The second-order valence-corrected chi connectivity index (χ2v) is 12.9. The van der Waals surface area contributed by atoms with E-state index in [9.17, 15) is 18.0 Å². The number of amides is 1. The first-order valence-electron chi connectivity index (χ1n) is 13.8. The van der Waals surface area contributed by atoms with E-state index in [0.717, 1.165) is 30.1 Å². The number of aromatic amines is 1. The second kappa shape index (κ2) is 10.6. The van der Waals surface area contributed by atoms with Crippen molar-refractivity contribution in [1.29, 1.82) is 0 Å². The number of anilines is 2. The van der Waals surface area contributed by atoms with E-state index in [2.05, 4.69) is 31.7 Å². The molecule has 4 aromatic rings. The van der Waals surface area contributed by atoms with Crippen molar-refractivity contribution in [1.82, 2.24) is 34.6 Å². The summed E-state index contributed by atoms with van der Waals surface area (Å²) in [6, 6.07) is 0.918. The number of hydrogen-bond acceptors (Lipinski definition) is 10. The largest absolute Gasteiger partial charge is 0.396 e. The van der Waals surface area contributed by atoms with Crippen molar-refractivity contribution in [3.8, 4) is 17.1 Å². The van der Waals surface area contributed by atoms with Crippen LogP contribution in [-0.4, -0.2) is 80.9 Å². The predicted octanol–water partition coefficient (Wildman–Crippen LogP) is 2.18. The third kappa shape index (κ3) is 4.82. The summed E-state index contributed by atoms with van der Waals surface area (Å²) in [4.78, 5) is 42.8. The zero-order valence-electron chi connectivity index (χ0n) is 23.6. The predicted molar refractivity (Wildman–Crippen MR) is 158 cm³/mol. The van der Waals surface area contributed by atoms with Crippen LogP contribution in [0.4, 0.5) is 15.9 Å². The molecule has 2 aliphatic rings. The van der Waals surface area contributed by atoms with Crippen molar-refractivity contribution in [2.75, 3.05) is 36.5 Å². The van der Waals surface area contributed by atoms with E-state index in [4.69, 9.17) is 5.73 Å². The van der Waals surface area contributed by atoms with E-state index in [-0.39, 0.29) is 62.4 Å². The van der Waals surface area contributed by atoms with Crippen molar-refractivity contribution in [3.05, 3.63) is 59.2 Å². The van der Waals surface area contributed by atoms with Crippen LogP contribution in [0.3, 0.4) is 0 Å². The lowest BCUT2D eigenvalue weighted by molar-refractivity contribution is -0.126. The molecule has 43 heavy (non-hydrogen) atoms. The lowest BCUT2D eigenvalue weighted by Crippen LogP contribution is -2.54. The van der Waals surface area contributed by atoms with E-state index >= 15 is 4.39 Å². The summed E-state index contributed by atoms with van der Waals surface area (Å²) in [6.45, 7) is 6.38. The van der Waals surface area contributed by atoms with Gasteiger partial charge in [0.2, 0.25) is 5.91 Å². The smallest absolute Gasteiger partial charge is 0.355 e. The summed E-state index contributed by atoms with van der Waals surface area (Å²) in [5.74, 6) is -0.819. The summed E-state index contributed by atoms with van der Waals surface area (Å²) in [5, 5.41) is 6.71. The fourth-order valence-corrected chi connectivity index (χ4v) is 6.58. The van der Waals surface area contributed by atoms with E-state index in [1.807, 2.05) is 11.8 Å². The molecule has 2 fully saturated rings. The third-order valence-electron chi connectivity index (χ3n) is 8.17. The first kappa shape index (κ1) is 28.5. The van der Waals surface area contributed by atoms with Gasteiger partial charge in [-0.2, -0.15) is 10.1 Å². The molecule has 224 valence electrons. The number of fused-ring (bicyclic) bond motifs is 1. The number of nitrogens with zero attached hydrogens (tertiary/aromatic N) is 7. The summed E-state index contributed by atoms with van der Waals surface area (Å²) >= 11 is 0. The Morgan fingerprint density at radius 2 is 1.98 bits per heavy atom. The third-order valence-corrected chi connectivity index (χ3v) is 9.27. The fraction of sp³-hybridized carbons (Fsp3) is 0.357. The van der Waals surface area contributed by atoms with Gasteiger partial charge in [-0.3, -0.25) is 14.9 Å². The van der Waals surface area contributed by atoms with Crippen molar-refractivity contribution in [2.45, 2.75) is 43.0 Å². The van der Waals surface area contributed by atoms with Crippen LogP contribution in [0, 0.1) is 5.82 Å². The molecule has 1 aliphatic carbocycles. The highest BCUT2D eigenvalue weighted by atomic mass is 32.2. The Kier molecular flexibility index (Phi) is 6.99. The quantitative estimate of drug-likeness (QED) is 0.309. The fourth-order valence-electron chi connectivity index (χ4n) is 5.77. The Hall–Kier alpha value is -4.66. The molecule has 1 saturated carbocycles. The molecule has 0 radical (unpaired) electrons. The Morgan fingerprint density at radius 1 is 1.21 bits per heavy atom. The molecular weight excluding hydrogens is 577 g/mol. The first-order chi connectivity index (χ1) is 20.5. The number of halogens is 1. The van der Waals surface area contributed by atoms with Crippen LogP contribution in [-0.2, 0) is 14.6 Å².